The van der Waals surface area contributed by atoms with E-state index in [9.17, 15) is 4.79 Å². The van der Waals surface area contributed by atoms with Crippen LogP contribution in [0.1, 0.15) is 38.1 Å². The monoisotopic (exact) mass is 236 g/mol. The summed E-state index contributed by atoms with van der Waals surface area (Å²) in [6.45, 7) is 7.67. The van der Waals surface area contributed by atoms with Gasteiger partial charge < -0.3 is 9.47 Å². The smallest absolute Gasteiger partial charge is 0.165 e. The largest absolute Gasteiger partial charge is 0.493 e. The molecule has 0 amide bonds. The third kappa shape index (κ3) is 3.48. The number of hydrogen-bond donors (Lipinski definition) is 0. The lowest BCUT2D eigenvalue weighted by Crippen LogP contribution is -2.10. The van der Waals surface area contributed by atoms with Crippen molar-refractivity contribution in [1.82, 2.24) is 0 Å². The highest BCUT2D eigenvalue weighted by atomic mass is 16.5. The number of carbonyl (C=O) groups is 1. The summed E-state index contributed by atoms with van der Waals surface area (Å²) in [5, 5.41) is 0. The molecule has 0 bridgehead atoms. The number of hydrogen-bond acceptors (Lipinski definition) is 3. The van der Waals surface area contributed by atoms with Crippen molar-refractivity contribution in [2.45, 2.75) is 33.8 Å². The van der Waals surface area contributed by atoms with E-state index in [2.05, 4.69) is 0 Å². The van der Waals surface area contributed by atoms with Crippen LogP contribution >= 0.6 is 0 Å². The van der Waals surface area contributed by atoms with Crippen LogP contribution in [0, 0.1) is 5.92 Å². The Labute approximate surface area is 103 Å². The number of benzene rings is 1. The zero-order chi connectivity index (χ0) is 13.0. The van der Waals surface area contributed by atoms with Gasteiger partial charge in [0.15, 0.2) is 17.3 Å². The summed E-state index contributed by atoms with van der Waals surface area (Å²) in [6, 6.07) is 5.30. The first-order valence-electron chi connectivity index (χ1n) is 5.84. The van der Waals surface area contributed by atoms with E-state index in [-0.39, 0.29) is 17.8 Å². The SMILES string of the molecule is COc1cc(C(=O)C(C)C)ccc1OC(C)C. The average Bonchev–Trinajstić information content (AvgIpc) is 2.27. The van der Waals surface area contributed by atoms with E-state index in [1.54, 1.807) is 25.3 Å². The van der Waals surface area contributed by atoms with E-state index >= 15 is 0 Å². The van der Waals surface area contributed by atoms with Crippen molar-refractivity contribution in [3.63, 3.8) is 0 Å². The van der Waals surface area contributed by atoms with Gasteiger partial charge in [-0.05, 0) is 32.0 Å². The van der Waals surface area contributed by atoms with Gasteiger partial charge in [-0.1, -0.05) is 13.8 Å². The van der Waals surface area contributed by atoms with Crippen LogP contribution in [0.3, 0.4) is 0 Å². The Morgan fingerprint density at radius 1 is 1.12 bits per heavy atom. The van der Waals surface area contributed by atoms with E-state index in [1.165, 1.54) is 0 Å². The molecular formula is C14H20O3. The maximum atomic E-state index is 11.8. The minimum atomic E-state index is -0.0171. The first-order valence-corrected chi connectivity index (χ1v) is 5.84. The molecule has 0 saturated heterocycles. The van der Waals surface area contributed by atoms with E-state index in [4.69, 9.17) is 9.47 Å². The molecule has 0 N–H and O–H groups in total. The number of ketones is 1. The van der Waals surface area contributed by atoms with Crippen molar-refractivity contribution in [3.8, 4) is 11.5 Å². The average molecular weight is 236 g/mol. The molecule has 1 aromatic rings. The summed E-state index contributed by atoms with van der Waals surface area (Å²) >= 11 is 0. The minimum absolute atomic E-state index is 0.0171. The van der Waals surface area contributed by atoms with Crippen molar-refractivity contribution in [2.24, 2.45) is 5.92 Å². The molecule has 3 nitrogen and oxygen atoms in total. The zero-order valence-corrected chi connectivity index (χ0v) is 11.1. The maximum absolute atomic E-state index is 11.8. The Bertz CT molecular complexity index is 394. The third-order valence-corrected chi connectivity index (χ3v) is 2.34. The molecule has 0 atom stereocenters. The normalized spacial score (nSPS) is 10.8. The van der Waals surface area contributed by atoms with E-state index in [1.807, 2.05) is 27.7 Å². The van der Waals surface area contributed by atoms with Crippen molar-refractivity contribution < 1.29 is 14.3 Å². The topological polar surface area (TPSA) is 35.5 Å². The number of ether oxygens (including phenoxy) is 2. The molecule has 0 aliphatic heterocycles. The molecule has 0 saturated carbocycles. The van der Waals surface area contributed by atoms with E-state index < -0.39 is 0 Å². The molecule has 1 aromatic carbocycles. The molecule has 0 radical (unpaired) electrons. The van der Waals surface area contributed by atoms with Crippen LogP contribution in [0.2, 0.25) is 0 Å². The number of methoxy groups -OCH3 is 1. The van der Waals surface area contributed by atoms with Crippen LogP contribution < -0.4 is 9.47 Å². The fourth-order valence-electron chi connectivity index (χ4n) is 1.51. The third-order valence-electron chi connectivity index (χ3n) is 2.34. The highest BCUT2D eigenvalue weighted by Crippen LogP contribution is 2.29. The van der Waals surface area contributed by atoms with Crippen LogP contribution in [0.25, 0.3) is 0 Å². The molecule has 17 heavy (non-hydrogen) atoms. The second kappa shape index (κ2) is 5.71. The van der Waals surface area contributed by atoms with Gasteiger partial charge in [-0.15, -0.1) is 0 Å². The molecular weight excluding hydrogens is 216 g/mol. The van der Waals surface area contributed by atoms with Gasteiger partial charge >= 0.3 is 0 Å². The van der Waals surface area contributed by atoms with Gasteiger partial charge in [0.1, 0.15) is 0 Å². The maximum Gasteiger partial charge on any atom is 0.165 e. The zero-order valence-electron chi connectivity index (χ0n) is 11.1. The molecule has 94 valence electrons. The summed E-state index contributed by atoms with van der Waals surface area (Å²) in [5.41, 5.74) is 0.660. The van der Waals surface area contributed by atoms with Gasteiger partial charge in [-0.2, -0.15) is 0 Å². The van der Waals surface area contributed by atoms with Gasteiger partial charge in [-0.3, -0.25) is 4.79 Å². The second-order valence-corrected chi connectivity index (χ2v) is 4.55. The van der Waals surface area contributed by atoms with Crippen molar-refractivity contribution in [2.75, 3.05) is 7.11 Å². The molecule has 0 aliphatic carbocycles. The highest BCUT2D eigenvalue weighted by Gasteiger charge is 2.14. The van der Waals surface area contributed by atoms with E-state index in [0.29, 0.717) is 17.1 Å². The lowest BCUT2D eigenvalue weighted by Gasteiger charge is -2.14. The van der Waals surface area contributed by atoms with Gasteiger partial charge in [0.05, 0.1) is 13.2 Å². The highest BCUT2D eigenvalue weighted by molar-refractivity contribution is 5.98. The van der Waals surface area contributed by atoms with Crippen LogP contribution in [0.4, 0.5) is 0 Å². The first kappa shape index (κ1) is 13.6. The Morgan fingerprint density at radius 2 is 1.76 bits per heavy atom. The summed E-state index contributed by atoms with van der Waals surface area (Å²) in [5.74, 6) is 1.36. The predicted octanol–water partition coefficient (Wildman–Crippen LogP) is 3.32. The predicted molar refractivity (Wildman–Crippen MR) is 67.9 cm³/mol. The second-order valence-electron chi connectivity index (χ2n) is 4.55. The first-order chi connectivity index (χ1) is 7.95. The Hall–Kier alpha value is -1.51. The van der Waals surface area contributed by atoms with E-state index in [0.717, 1.165) is 0 Å². The summed E-state index contributed by atoms with van der Waals surface area (Å²) in [6.07, 6.45) is 0.0792. The molecule has 0 spiro atoms. The van der Waals surface area contributed by atoms with Crippen molar-refractivity contribution in [1.29, 1.82) is 0 Å². The summed E-state index contributed by atoms with van der Waals surface area (Å²) in [7, 11) is 1.58. The molecule has 0 aliphatic rings. The molecule has 0 unspecified atom stereocenters. The lowest BCUT2D eigenvalue weighted by atomic mass is 10.0. The minimum Gasteiger partial charge on any atom is -0.493 e. The van der Waals surface area contributed by atoms with Crippen LogP contribution in [0.5, 0.6) is 11.5 Å². The number of carbonyl (C=O) groups excluding carboxylic acids is 1. The molecule has 3 heteroatoms. The van der Waals surface area contributed by atoms with Gasteiger partial charge in [-0.25, -0.2) is 0 Å². The quantitative estimate of drug-likeness (QED) is 0.736. The Kier molecular flexibility index (Phi) is 4.55. The number of Topliss-reactive ketones (excluding diaryl/α,β-unsaturated/α-hetero) is 1. The van der Waals surface area contributed by atoms with Crippen molar-refractivity contribution in [3.05, 3.63) is 23.8 Å². The Morgan fingerprint density at radius 3 is 2.24 bits per heavy atom. The van der Waals surface area contributed by atoms with Crippen LogP contribution in [-0.2, 0) is 0 Å². The van der Waals surface area contributed by atoms with Gasteiger partial charge in [0.2, 0.25) is 0 Å². The number of rotatable bonds is 5. The molecule has 0 fully saturated rings. The summed E-state index contributed by atoms with van der Waals surface area (Å²) < 4.78 is 10.8. The van der Waals surface area contributed by atoms with Crippen LogP contribution in [0.15, 0.2) is 18.2 Å². The molecule has 1 rings (SSSR count). The Balaban J connectivity index is 3.04. The fraction of sp³-hybridized carbons (Fsp3) is 0.500. The molecule has 0 aromatic heterocycles. The standard InChI is InChI=1S/C14H20O3/c1-9(2)14(15)11-6-7-12(17-10(3)4)13(8-11)16-5/h6-10H,1-5H3. The molecule has 0 heterocycles. The summed E-state index contributed by atoms with van der Waals surface area (Å²) in [4.78, 5) is 11.8. The van der Waals surface area contributed by atoms with Gasteiger partial charge in [0, 0.05) is 11.5 Å². The fourth-order valence-corrected chi connectivity index (χ4v) is 1.51. The van der Waals surface area contributed by atoms with Crippen LogP contribution in [-0.4, -0.2) is 19.0 Å². The van der Waals surface area contributed by atoms with Crippen molar-refractivity contribution >= 4 is 5.78 Å². The van der Waals surface area contributed by atoms with Gasteiger partial charge in [0.25, 0.3) is 0 Å². The lowest BCUT2D eigenvalue weighted by molar-refractivity contribution is 0.0939.